The highest BCUT2D eigenvalue weighted by molar-refractivity contribution is 5.97. The van der Waals surface area contributed by atoms with Gasteiger partial charge < -0.3 is 14.2 Å². The Morgan fingerprint density at radius 3 is 2.35 bits per heavy atom. The third kappa shape index (κ3) is 3.37. The Morgan fingerprint density at radius 2 is 1.59 bits per heavy atom. The van der Waals surface area contributed by atoms with Gasteiger partial charge in [0.2, 0.25) is 0 Å². The van der Waals surface area contributed by atoms with Crippen LogP contribution in [-0.2, 0) is 12.8 Å². The van der Waals surface area contributed by atoms with Crippen molar-refractivity contribution in [2.24, 2.45) is 0 Å². The molecule has 1 aliphatic heterocycles. The smallest absolute Gasteiger partial charge is 0.289 e. The quantitative estimate of drug-likeness (QED) is 0.468. The van der Waals surface area contributed by atoms with Crippen LogP contribution in [0.4, 0.5) is 4.39 Å². The molecular weight excluding hydrogens is 435 g/mol. The first-order valence-electron chi connectivity index (χ1n) is 11.5. The van der Waals surface area contributed by atoms with E-state index < -0.39 is 0 Å². The third-order valence-corrected chi connectivity index (χ3v) is 6.70. The van der Waals surface area contributed by atoms with Gasteiger partial charge in [-0.25, -0.2) is 9.07 Å². The topological polar surface area (TPSA) is 71.6 Å². The summed E-state index contributed by atoms with van der Waals surface area (Å²) in [6.07, 6.45) is 2.45. The number of furan rings is 1. The molecule has 172 valence electrons. The molecule has 3 heterocycles. The Kier molecular flexibility index (Phi) is 4.94. The maximum absolute atomic E-state index is 14.4. The molecule has 0 radical (unpaired) electrons. The normalized spacial score (nSPS) is 15.7. The Hall–Kier alpha value is -3.94. The van der Waals surface area contributed by atoms with Crippen molar-refractivity contribution in [3.63, 3.8) is 0 Å². The number of para-hydroxylation sites is 2. The molecule has 8 heteroatoms. The maximum atomic E-state index is 14.4. The Bertz CT molecular complexity index is 1380. The lowest BCUT2D eigenvalue weighted by atomic mass is 10.1. The molecule has 1 fully saturated rings. The number of rotatable bonds is 3. The summed E-state index contributed by atoms with van der Waals surface area (Å²) in [5.41, 5.74) is 3.26. The molecule has 2 aromatic heterocycles. The average molecular weight is 458 g/mol. The number of carbonyl (C=O) groups excluding carboxylic acids is 2. The molecule has 4 aromatic rings. The highest BCUT2D eigenvalue weighted by atomic mass is 19.1. The Labute approximate surface area is 195 Å². The van der Waals surface area contributed by atoms with E-state index in [1.54, 1.807) is 38.7 Å². The fourth-order valence-electron chi connectivity index (χ4n) is 4.94. The largest absolute Gasteiger partial charge is 0.451 e. The van der Waals surface area contributed by atoms with Gasteiger partial charge in [0.15, 0.2) is 11.5 Å². The minimum atomic E-state index is -0.364. The average Bonchev–Trinajstić information content (AvgIpc) is 3.59. The molecule has 0 unspecified atom stereocenters. The van der Waals surface area contributed by atoms with Crippen LogP contribution in [0.5, 0.6) is 0 Å². The van der Waals surface area contributed by atoms with Crippen molar-refractivity contribution in [2.75, 3.05) is 26.2 Å². The van der Waals surface area contributed by atoms with Gasteiger partial charge in [0.1, 0.15) is 17.1 Å². The summed E-state index contributed by atoms with van der Waals surface area (Å²) in [6.45, 7) is 1.65. The Morgan fingerprint density at radius 1 is 0.882 bits per heavy atom. The summed E-state index contributed by atoms with van der Waals surface area (Å²) in [7, 11) is 0. The summed E-state index contributed by atoms with van der Waals surface area (Å²) >= 11 is 0. The van der Waals surface area contributed by atoms with Crippen LogP contribution in [0, 0.1) is 5.82 Å². The predicted molar refractivity (Wildman–Crippen MR) is 124 cm³/mol. The van der Waals surface area contributed by atoms with Gasteiger partial charge in [0.25, 0.3) is 11.8 Å². The lowest BCUT2D eigenvalue weighted by molar-refractivity contribution is 0.0515. The van der Waals surface area contributed by atoms with E-state index in [2.05, 4.69) is 5.10 Å². The molecule has 0 spiro atoms. The number of aromatic nitrogens is 2. The summed E-state index contributed by atoms with van der Waals surface area (Å²) in [5.74, 6) is -0.393. The summed E-state index contributed by atoms with van der Waals surface area (Å²) in [6, 6.07) is 15.8. The first-order valence-corrected chi connectivity index (χ1v) is 11.5. The van der Waals surface area contributed by atoms with Crippen molar-refractivity contribution < 1.29 is 18.4 Å². The lowest BCUT2D eigenvalue weighted by Gasteiger charge is -2.34. The molecule has 0 bridgehead atoms. The van der Waals surface area contributed by atoms with Gasteiger partial charge in [-0.15, -0.1) is 0 Å². The fraction of sp³-hybridized carbons (Fsp3) is 0.269. The minimum Gasteiger partial charge on any atom is -0.451 e. The third-order valence-electron chi connectivity index (χ3n) is 6.70. The Balaban J connectivity index is 1.19. The van der Waals surface area contributed by atoms with Crippen LogP contribution < -0.4 is 0 Å². The SMILES string of the molecule is O=C(c1cc2ccccc2o1)N1CCN(C(=O)c2nn(-c3ccccc3F)c3c2CCC3)CC1. The minimum absolute atomic E-state index is 0.163. The van der Waals surface area contributed by atoms with Gasteiger partial charge in [-0.2, -0.15) is 5.10 Å². The number of fused-ring (bicyclic) bond motifs is 2. The molecule has 0 saturated carbocycles. The molecule has 0 atom stereocenters. The molecule has 2 aromatic carbocycles. The second-order valence-corrected chi connectivity index (χ2v) is 8.72. The standard InChI is InChI=1S/C26H23FN4O3/c27-19-8-2-3-9-21(19)31-20-10-5-7-18(20)24(28-31)26(33)30-14-12-29(13-15-30)25(32)23-16-17-6-1-4-11-22(17)34-23/h1-4,6,8-9,11,16H,5,7,10,12-15H2. The summed E-state index contributed by atoms with van der Waals surface area (Å²) < 4.78 is 21.7. The van der Waals surface area contributed by atoms with Gasteiger partial charge in [0, 0.05) is 42.8 Å². The first kappa shape index (κ1) is 20.7. The monoisotopic (exact) mass is 458 g/mol. The van der Waals surface area contributed by atoms with Crippen LogP contribution >= 0.6 is 0 Å². The molecule has 2 amide bonds. The summed E-state index contributed by atoms with van der Waals surface area (Å²) in [5, 5.41) is 5.44. The number of carbonyl (C=O) groups is 2. The fourth-order valence-corrected chi connectivity index (χ4v) is 4.94. The molecule has 1 aliphatic carbocycles. The molecule has 34 heavy (non-hydrogen) atoms. The van der Waals surface area contributed by atoms with E-state index in [1.807, 2.05) is 24.3 Å². The van der Waals surface area contributed by atoms with Crippen LogP contribution in [0.1, 0.15) is 38.7 Å². The van der Waals surface area contributed by atoms with Crippen molar-refractivity contribution in [2.45, 2.75) is 19.3 Å². The number of hydrogen-bond donors (Lipinski definition) is 0. The number of benzene rings is 2. The van der Waals surface area contributed by atoms with E-state index in [1.165, 1.54) is 6.07 Å². The van der Waals surface area contributed by atoms with Crippen LogP contribution in [0.3, 0.4) is 0 Å². The molecule has 7 nitrogen and oxygen atoms in total. The number of nitrogens with zero attached hydrogens (tertiary/aromatic N) is 4. The van der Waals surface area contributed by atoms with Crippen molar-refractivity contribution in [3.05, 3.63) is 83.1 Å². The zero-order valence-corrected chi connectivity index (χ0v) is 18.5. The first-order chi connectivity index (χ1) is 16.6. The van der Waals surface area contributed by atoms with Crippen molar-refractivity contribution in [3.8, 4) is 5.69 Å². The van der Waals surface area contributed by atoms with Crippen LogP contribution in [0.15, 0.2) is 59.0 Å². The van der Waals surface area contributed by atoms with Crippen molar-refractivity contribution in [1.29, 1.82) is 0 Å². The molecular formula is C26H23FN4O3. The zero-order valence-electron chi connectivity index (χ0n) is 18.5. The maximum Gasteiger partial charge on any atom is 0.289 e. The summed E-state index contributed by atoms with van der Waals surface area (Å²) in [4.78, 5) is 29.8. The van der Waals surface area contributed by atoms with Crippen molar-refractivity contribution >= 4 is 22.8 Å². The van der Waals surface area contributed by atoms with E-state index >= 15 is 0 Å². The molecule has 6 rings (SSSR count). The zero-order chi connectivity index (χ0) is 23.2. The van der Waals surface area contributed by atoms with Gasteiger partial charge in [-0.05, 0) is 43.5 Å². The number of hydrogen-bond acceptors (Lipinski definition) is 4. The highest BCUT2D eigenvalue weighted by Crippen LogP contribution is 2.30. The van der Waals surface area contributed by atoms with Gasteiger partial charge in [-0.3, -0.25) is 9.59 Å². The van der Waals surface area contributed by atoms with Gasteiger partial charge in [0.05, 0.1) is 0 Å². The number of amides is 2. The number of halogens is 1. The van der Waals surface area contributed by atoms with E-state index in [4.69, 9.17) is 4.42 Å². The van der Waals surface area contributed by atoms with Gasteiger partial charge >= 0.3 is 0 Å². The second kappa shape index (κ2) is 8.13. The van der Waals surface area contributed by atoms with Gasteiger partial charge in [-0.1, -0.05) is 30.3 Å². The van der Waals surface area contributed by atoms with E-state index in [9.17, 15) is 14.0 Å². The van der Waals surface area contributed by atoms with Crippen molar-refractivity contribution in [1.82, 2.24) is 19.6 Å². The van der Waals surface area contributed by atoms with Crippen LogP contribution in [0.25, 0.3) is 16.7 Å². The molecule has 0 N–H and O–H groups in total. The number of piperazine rings is 1. The predicted octanol–water partition coefficient (Wildman–Crippen LogP) is 3.84. The molecule has 2 aliphatic rings. The highest BCUT2D eigenvalue weighted by Gasteiger charge is 2.33. The van der Waals surface area contributed by atoms with Crippen LogP contribution in [-0.4, -0.2) is 57.6 Å². The van der Waals surface area contributed by atoms with E-state index in [0.29, 0.717) is 48.9 Å². The van der Waals surface area contributed by atoms with Crippen LogP contribution in [0.2, 0.25) is 0 Å². The van der Waals surface area contributed by atoms with E-state index in [0.717, 1.165) is 35.9 Å². The second-order valence-electron chi connectivity index (χ2n) is 8.72. The lowest BCUT2D eigenvalue weighted by Crippen LogP contribution is -2.50. The van der Waals surface area contributed by atoms with E-state index in [-0.39, 0.29) is 17.6 Å². The molecule has 1 saturated heterocycles.